The molecule has 4 nitrogen and oxygen atoms in total. The van der Waals surface area contributed by atoms with E-state index in [0.717, 1.165) is 5.56 Å². The summed E-state index contributed by atoms with van der Waals surface area (Å²) in [6, 6.07) is 9.26. The Balaban J connectivity index is 2.33. The van der Waals surface area contributed by atoms with Crippen molar-refractivity contribution in [3.05, 3.63) is 67.9 Å². The third-order valence-electron chi connectivity index (χ3n) is 3.24. The molecular formula is C15H14BrFN2O2. The van der Waals surface area contributed by atoms with Crippen molar-refractivity contribution in [2.24, 2.45) is 0 Å². The van der Waals surface area contributed by atoms with Gasteiger partial charge in [0, 0.05) is 11.8 Å². The summed E-state index contributed by atoms with van der Waals surface area (Å²) < 4.78 is 14.0. The Bertz CT molecular complexity index is 691. The molecule has 0 fully saturated rings. The predicted octanol–water partition coefficient (Wildman–Crippen LogP) is 4.98. The second-order valence-corrected chi connectivity index (χ2v) is 5.62. The van der Waals surface area contributed by atoms with Crippen LogP contribution in [0, 0.1) is 22.9 Å². The minimum absolute atomic E-state index is 0.0488. The lowest BCUT2D eigenvalue weighted by Gasteiger charge is -2.18. The van der Waals surface area contributed by atoms with Crippen molar-refractivity contribution in [2.45, 2.75) is 19.9 Å². The maximum Gasteiger partial charge on any atom is 0.274 e. The summed E-state index contributed by atoms with van der Waals surface area (Å²) in [6.07, 6.45) is 0. The number of para-hydroxylation sites is 1. The quantitative estimate of drug-likeness (QED) is 0.623. The zero-order chi connectivity index (χ0) is 15.6. The van der Waals surface area contributed by atoms with E-state index in [0.29, 0.717) is 15.7 Å². The van der Waals surface area contributed by atoms with Crippen LogP contribution in [-0.2, 0) is 0 Å². The average molecular weight is 353 g/mol. The van der Waals surface area contributed by atoms with E-state index in [1.54, 1.807) is 24.3 Å². The second kappa shape index (κ2) is 6.22. The van der Waals surface area contributed by atoms with E-state index in [9.17, 15) is 14.5 Å². The van der Waals surface area contributed by atoms with Crippen molar-refractivity contribution in [3.8, 4) is 0 Å². The largest absolute Gasteiger partial charge is 0.378 e. The van der Waals surface area contributed by atoms with Gasteiger partial charge in [-0.05, 0) is 47.5 Å². The Morgan fingerprint density at radius 1 is 1.33 bits per heavy atom. The van der Waals surface area contributed by atoms with Crippen LogP contribution >= 0.6 is 15.9 Å². The van der Waals surface area contributed by atoms with Crippen LogP contribution in [0.1, 0.15) is 24.1 Å². The first-order valence-corrected chi connectivity index (χ1v) is 7.15. The molecule has 0 amide bonds. The highest BCUT2D eigenvalue weighted by Crippen LogP contribution is 2.30. The fourth-order valence-corrected chi connectivity index (χ4v) is 2.59. The summed E-state index contributed by atoms with van der Waals surface area (Å²) in [4.78, 5) is 10.6. The summed E-state index contributed by atoms with van der Waals surface area (Å²) >= 11 is 3.13. The summed E-state index contributed by atoms with van der Waals surface area (Å²) in [6.45, 7) is 3.65. The Morgan fingerprint density at radius 3 is 2.67 bits per heavy atom. The number of nitro groups is 1. The molecular weight excluding hydrogens is 339 g/mol. The van der Waals surface area contributed by atoms with E-state index in [2.05, 4.69) is 21.2 Å². The van der Waals surface area contributed by atoms with Crippen LogP contribution in [0.15, 0.2) is 40.9 Å². The first-order valence-electron chi connectivity index (χ1n) is 6.35. The number of anilines is 1. The van der Waals surface area contributed by atoms with Crippen LogP contribution in [0.5, 0.6) is 0 Å². The molecule has 1 unspecified atom stereocenters. The highest BCUT2D eigenvalue weighted by molar-refractivity contribution is 9.10. The van der Waals surface area contributed by atoms with Gasteiger partial charge in [-0.3, -0.25) is 10.1 Å². The van der Waals surface area contributed by atoms with Gasteiger partial charge < -0.3 is 5.32 Å². The Labute approximate surface area is 130 Å². The topological polar surface area (TPSA) is 55.2 Å². The highest BCUT2D eigenvalue weighted by atomic mass is 79.9. The number of halogens is 2. The lowest BCUT2D eigenvalue weighted by molar-refractivity contribution is -0.385. The van der Waals surface area contributed by atoms with Gasteiger partial charge in [0.1, 0.15) is 5.82 Å². The molecule has 2 rings (SSSR count). The number of hydrogen-bond donors (Lipinski definition) is 1. The molecule has 6 heteroatoms. The zero-order valence-corrected chi connectivity index (χ0v) is 13.1. The summed E-state index contributed by atoms with van der Waals surface area (Å²) in [5.41, 5.74) is 2.08. The third-order valence-corrected chi connectivity index (χ3v) is 3.85. The van der Waals surface area contributed by atoms with Crippen molar-refractivity contribution >= 4 is 27.3 Å². The molecule has 21 heavy (non-hydrogen) atoms. The molecule has 0 saturated carbocycles. The molecule has 0 heterocycles. The maximum atomic E-state index is 13.6. The van der Waals surface area contributed by atoms with Gasteiger partial charge in [-0.25, -0.2) is 4.39 Å². The van der Waals surface area contributed by atoms with Gasteiger partial charge in [0.15, 0.2) is 0 Å². The van der Waals surface area contributed by atoms with Gasteiger partial charge in [-0.2, -0.15) is 0 Å². The summed E-state index contributed by atoms with van der Waals surface area (Å²) in [5, 5.41) is 14.2. The Morgan fingerprint density at radius 2 is 2.00 bits per heavy atom. The van der Waals surface area contributed by atoms with Gasteiger partial charge >= 0.3 is 0 Å². The van der Waals surface area contributed by atoms with Crippen molar-refractivity contribution < 1.29 is 9.31 Å². The monoisotopic (exact) mass is 352 g/mol. The number of nitro benzene ring substituents is 1. The molecule has 1 atom stereocenters. The van der Waals surface area contributed by atoms with Crippen LogP contribution in [0.2, 0.25) is 0 Å². The molecule has 0 aromatic heterocycles. The fraction of sp³-hybridized carbons (Fsp3) is 0.200. The van der Waals surface area contributed by atoms with Gasteiger partial charge in [0.2, 0.25) is 0 Å². The molecule has 0 bridgehead atoms. The van der Waals surface area contributed by atoms with E-state index in [-0.39, 0.29) is 17.5 Å². The standard InChI is InChI=1S/C15H14BrFN2O2/c1-9-7-12(16)13(17)8-14(9)18-10(2)11-5-3-4-6-15(11)19(20)21/h3-8,10,18H,1-2H3. The first kappa shape index (κ1) is 15.4. The number of hydrogen-bond acceptors (Lipinski definition) is 3. The second-order valence-electron chi connectivity index (χ2n) is 4.76. The predicted molar refractivity (Wildman–Crippen MR) is 84.0 cm³/mol. The molecule has 0 aliphatic rings. The normalized spacial score (nSPS) is 12.0. The lowest BCUT2D eigenvalue weighted by Crippen LogP contribution is -2.10. The fourth-order valence-electron chi connectivity index (χ4n) is 2.13. The van der Waals surface area contributed by atoms with Crippen molar-refractivity contribution in [3.63, 3.8) is 0 Å². The molecule has 0 aliphatic carbocycles. The molecule has 0 radical (unpaired) electrons. The first-order chi connectivity index (χ1) is 9.90. The number of nitrogens with zero attached hydrogens (tertiary/aromatic N) is 1. The molecule has 0 aliphatic heterocycles. The molecule has 110 valence electrons. The maximum absolute atomic E-state index is 13.6. The number of benzene rings is 2. The van der Waals surface area contributed by atoms with Gasteiger partial charge in [0.05, 0.1) is 21.0 Å². The zero-order valence-electron chi connectivity index (χ0n) is 11.6. The van der Waals surface area contributed by atoms with E-state index >= 15 is 0 Å². The highest BCUT2D eigenvalue weighted by Gasteiger charge is 2.18. The molecule has 2 aromatic carbocycles. The minimum atomic E-state index is -0.414. The number of nitrogens with one attached hydrogen (secondary N) is 1. The minimum Gasteiger partial charge on any atom is -0.378 e. The van der Waals surface area contributed by atoms with E-state index in [4.69, 9.17) is 0 Å². The Hall–Kier alpha value is -1.95. The van der Waals surface area contributed by atoms with Crippen molar-refractivity contribution in [1.82, 2.24) is 0 Å². The van der Waals surface area contributed by atoms with E-state index < -0.39 is 4.92 Å². The van der Waals surface area contributed by atoms with Crippen molar-refractivity contribution in [2.75, 3.05) is 5.32 Å². The SMILES string of the molecule is Cc1cc(Br)c(F)cc1NC(C)c1ccccc1[N+](=O)[O-]. The summed E-state index contributed by atoms with van der Waals surface area (Å²) in [5.74, 6) is -0.377. The van der Waals surface area contributed by atoms with Crippen molar-refractivity contribution in [1.29, 1.82) is 0 Å². The summed E-state index contributed by atoms with van der Waals surface area (Å²) in [7, 11) is 0. The van der Waals surface area contributed by atoms with Gasteiger partial charge in [0.25, 0.3) is 5.69 Å². The average Bonchev–Trinajstić information content (AvgIpc) is 2.44. The van der Waals surface area contributed by atoms with Crippen LogP contribution in [0.3, 0.4) is 0 Å². The van der Waals surface area contributed by atoms with Crippen LogP contribution in [0.4, 0.5) is 15.8 Å². The molecule has 2 aromatic rings. The van der Waals surface area contributed by atoms with E-state index in [1.807, 2.05) is 13.8 Å². The lowest BCUT2D eigenvalue weighted by atomic mass is 10.1. The Kier molecular flexibility index (Phi) is 4.57. The number of aryl methyl sites for hydroxylation is 1. The molecule has 0 spiro atoms. The smallest absolute Gasteiger partial charge is 0.274 e. The van der Waals surface area contributed by atoms with Crippen LogP contribution < -0.4 is 5.32 Å². The van der Waals surface area contributed by atoms with Crippen LogP contribution in [0.25, 0.3) is 0 Å². The van der Waals surface area contributed by atoms with E-state index in [1.165, 1.54) is 12.1 Å². The molecule has 1 N–H and O–H groups in total. The number of rotatable bonds is 4. The van der Waals surface area contributed by atoms with Gasteiger partial charge in [-0.15, -0.1) is 0 Å². The molecule has 0 saturated heterocycles. The van der Waals surface area contributed by atoms with Gasteiger partial charge in [-0.1, -0.05) is 18.2 Å². The van der Waals surface area contributed by atoms with Crippen LogP contribution in [-0.4, -0.2) is 4.92 Å². The third kappa shape index (κ3) is 3.39.